The third kappa shape index (κ3) is 3.01. The van der Waals surface area contributed by atoms with Crippen molar-refractivity contribution >= 4 is 44.1 Å². The Balaban J connectivity index is 1.45. The fourth-order valence-electron chi connectivity index (χ4n) is 3.12. The predicted molar refractivity (Wildman–Crippen MR) is 112 cm³/mol. The first kappa shape index (κ1) is 16.6. The van der Waals surface area contributed by atoms with Crippen LogP contribution in [-0.4, -0.2) is 25.7 Å². The zero-order chi connectivity index (χ0) is 19.1. The summed E-state index contributed by atoms with van der Waals surface area (Å²) in [5.41, 5.74) is 3.33. The molecule has 5 rings (SSSR count). The number of amides is 1. The lowest BCUT2D eigenvalue weighted by Crippen LogP contribution is -2.12. The quantitative estimate of drug-likeness (QED) is 0.496. The molecule has 136 valence electrons. The lowest BCUT2D eigenvalue weighted by atomic mass is 10.1. The van der Waals surface area contributed by atoms with Crippen molar-refractivity contribution < 1.29 is 4.79 Å². The van der Waals surface area contributed by atoms with Crippen LogP contribution in [0.5, 0.6) is 0 Å². The van der Waals surface area contributed by atoms with E-state index in [0.29, 0.717) is 11.4 Å². The molecule has 0 bridgehead atoms. The molecule has 0 atom stereocenters. The van der Waals surface area contributed by atoms with Crippen LogP contribution in [-0.2, 0) is 7.05 Å². The van der Waals surface area contributed by atoms with E-state index in [-0.39, 0.29) is 5.91 Å². The average molecular weight is 385 g/mol. The predicted octanol–water partition coefficient (Wildman–Crippen LogP) is 4.50. The van der Waals surface area contributed by atoms with Gasteiger partial charge in [0.05, 0.1) is 17.9 Å². The van der Waals surface area contributed by atoms with Gasteiger partial charge in [0, 0.05) is 46.2 Å². The Labute approximate surface area is 164 Å². The Morgan fingerprint density at radius 3 is 2.79 bits per heavy atom. The zero-order valence-corrected chi connectivity index (χ0v) is 15.8. The van der Waals surface area contributed by atoms with Crippen LogP contribution in [0.1, 0.15) is 10.4 Å². The Kier molecular flexibility index (Phi) is 3.87. The Morgan fingerprint density at radius 2 is 1.93 bits per heavy atom. The molecule has 0 aliphatic rings. The van der Waals surface area contributed by atoms with Gasteiger partial charge >= 0.3 is 0 Å². The summed E-state index contributed by atoms with van der Waals surface area (Å²) in [6.07, 6.45) is 7.20. The van der Waals surface area contributed by atoms with Crippen LogP contribution < -0.4 is 5.32 Å². The summed E-state index contributed by atoms with van der Waals surface area (Å²) >= 11 is 1.66. The molecule has 0 fully saturated rings. The van der Waals surface area contributed by atoms with Gasteiger partial charge in [-0.15, -0.1) is 11.3 Å². The number of anilines is 1. The molecule has 4 heterocycles. The molecule has 0 unspecified atom stereocenters. The Bertz CT molecular complexity index is 1340. The van der Waals surface area contributed by atoms with Gasteiger partial charge in [-0.3, -0.25) is 14.5 Å². The van der Waals surface area contributed by atoms with Crippen LogP contribution in [0, 0.1) is 0 Å². The lowest BCUT2D eigenvalue weighted by molar-refractivity contribution is 0.102. The lowest BCUT2D eigenvalue weighted by Gasteiger charge is -2.07. The minimum atomic E-state index is -0.184. The van der Waals surface area contributed by atoms with Gasteiger partial charge in [0.2, 0.25) is 0 Å². The first-order valence-electron chi connectivity index (χ1n) is 8.69. The first-order chi connectivity index (χ1) is 13.7. The second-order valence-corrected chi connectivity index (χ2v) is 7.46. The number of pyridine rings is 2. The molecular formula is C21H15N5OS. The molecule has 1 aromatic carbocycles. The number of hydrogen-bond acceptors (Lipinski definition) is 5. The number of benzene rings is 1. The van der Waals surface area contributed by atoms with Crippen LogP contribution >= 0.6 is 11.3 Å². The summed E-state index contributed by atoms with van der Waals surface area (Å²) in [4.78, 5) is 21.4. The van der Waals surface area contributed by atoms with Crippen molar-refractivity contribution in [2.24, 2.45) is 7.05 Å². The second kappa shape index (κ2) is 6.54. The smallest absolute Gasteiger partial charge is 0.256 e. The van der Waals surface area contributed by atoms with E-state index in [2.05, 4.69) is 20.4 Å². The highest BCUT2D eigenvalue weighted by Gasteiger charge is 2.10. The number of fused-ring (bicyclic) bond motifs is 2. The van der Waals surface area contributed by atoms with Gasteiger partial charge in [-0.25, -0.2) is 4.98 Å². The van der Waals surface area contributed by atoms with Gasteiger partial charge in [-0.05, 0) is 47.2 Å². The summed E-state index contributed by atoms with van der Waals surface area (Å²) in [5.74, 6) is 0.310. The van der Waals surface area contributed by atoms with Crippen LogP contribution in [0.4, 0.5) is 5.82 Å². The van der Waals surface area contributed by atoms with E-state index in [1.807, 2.05) is 55.0 Å². The van der Waals surface area contributed by atoms with Crippen LogP contribution in [0.15, 0.2) is 66.6 Å². The number of nitrogens with one attached hydrogen (secondary N) is 1. The second-order valence-electron chi connectivity index (χ2n) is 6.52. The van der Waals surface area contributed by atoms with Crippen LogP contribution in [0.25, 0.3) is 32.1 Å². The molecule has 7 heteroatoms. The van der Waals surface area contributed by atoms with Crippen molar-refractivity contribution in [3.05, 3.63) is 72.1 Å². The summed E-state index contributed by atoms with van der Waals surface area (Å²) < 4.78 is 2.91. The van der Waals surface area contributed by atoms with Gasteiger partial charge in [-0.2, -0.15) is 5.10 Å². The van der Waals surface area contributed by atoms with Crippen molar-refractivity contribution in [2.75, 3.05) is 5.32 Å². The number of nitrogens with zero attached hydrogens (tertiary/aromatic N) is 4. The monoisotopic (exact) mass is 385 g/mol. The van der Waals surface area contributed by atoms with E-state index in [4.69, 9.17) is 0 Å². The van der Waals surface area contributed by atoms with E-state index in [1.165, 1.54) is 0 Å². The van der Waals surface area contributed by atoms with E-state index >= 15 is 0 Å². The zero-order valence-electron chi connectivity index (χ0n) is 15.0. The number of aryl methyl sites for hydroxylation is 1. The fraction of sp³-hybridized carbons (Fsp3) is 0.0476. The number of aromatic nitrogens is 4. The van der Waals surface area contributed by atoms with E-state index < -0.39 is 0 Å². The standard InChI is InChI=1S/C21H15N5OS/c1-26-12-17(10-24-26)16-7-15-8-20(23-11-18(15)22-9-16)25-21(27)14-2-3-19-13(6-14)4-5-28-19/h2-12H,1H3,(H,23,25,27). The summed E-state index contributed by atoms with van der Waals surface area (Å²) in [6.45, 7) is 0. The van der Waals surface area contributed by atoms with Crippen LogP contribution in [0.3, 0.4) is 0 Å². The van der Waals surface area contributed by atoms with Crippen LogP contribution in [0.2, 0.25) is 0 Å². The number of carbonyl (C=O) groups is 1. The van der Waals surface area contributed by atoms with E-state index in [0.717, 1.165) is 32.1 Å². The van der Waals surface area contributed by atoms with Crippen molar-refractivity contribution in [2.45, 2.75) is 0 Å². The maximum absolute atomic E-state index is 12.6. The molecular weight excluding hydrogens is 370 g/mol. The van der Waals surface area contributed by atoms with E-state index in [9.17, 15) is 4.79 Å². The molecule has 1 amide bonds. The number of hydrogen-bond donors (Lipinski definition) is 1. The summed E-state index contributed by atoms with van der Waals surface area (Å²) in [5, 5.41) is 11.1. The molecule has 0 aliphatic heterocycles. The topological polar surface area (TPSA) is 72.7 Å². The molecule has 0 radical (unpaired) electrons. The maximum atomic E-state index is 12.6. The van der Waals surface area contributed by atoms with Crippen molar-refractivity contribution in [3.8, 4) is 11.1 Å². The van der Waals surface area contributed by atoms with Gasteiger partial charge < -0.3 is 5.32 Å². The van der Waals surface area contributed by atoms with Gasteiger partial charge in [0.25, 0.3) is 5.91 Å². The molecule has 28 heavy (non-hydrogen) atoms. The number of thiophene rings is 1. The normalized spacial score (nSPS) is 11.2. The van der Waals surface area contributed by atoms with Gasteiger partial charge in [-0.1, -0.05) is 0 Å². The highest BCUT2D eigenvalue weighted by atomic mass is 32.1. The third-order valence-corrected chi connectivity index (χ3v) is 5.46. The SMILES string of the molecule is Cn1cc(-c2cnc3cnc(NC(=O)c4ccc5sccc5c4)cc3c2)cn1. The molecule has 5 aromatic rings. The molecule has 1 N–H and O–H groups in total. The summed E-state index contributed by atoms with van der Waals surface area (Å²) in [6, 6.07) is 11.6. The maximum Gasteiger partial charge on any atom is 0.256 e. The summed E-state index contributed by atoms with van der Waals surface area (Å²) in [7, 11) is 1.88. The van der Waals surface area contributed by atoms with E-state index in [1.54, 1.807) is 34.6 Å². The van der Waals surface area contributed by atoms with Gasteiger partial charge in [0.1, 0.15) is 5.82 Å². The minimum Gasteiger partial charge on any atom is -0.307 e. The first-order valence-corrected chi connectivity index (χ1v) is 9.57. The fourth-order valence-corrected chi connectivity index (χ4v) is 3.89. The average Bonchev–Trinajstić information content (AvgIpc) is 3.35. The minimum absolute atomic E-state index is 0.184. The molecule has 0 aliphatic carbocycles. The number of rotatable bonds is 3. The largest absolute Gasteiger partial charge is 0.307 e. The highest BCUT2D eigenvalue weighted by molar-refractivity contribution is 7.17. The molecule has 6 nitrogen and oxygen atoms in total. The number of carbonyl (C=O) groups excluding carboxylic acids is 1. The highest BCUT2D eigenvalue weighted by Crippen LogP contribution is 2.24. The van der Waals surface area contributed by atoms with Crippen molar-refractivity contribution in [3.63, 3.8) is 0 Å². The van der Waals surface area contributed by atoms with Gasteiger partial charge in [0.15, 0.2) is 0 Å². The van der Waals surface area contributed by atoms with Crippen molar-refractivity contribution in [1.29, 1.82) is 0 Å². The Morgan fingerprint density at radius 1 is 1.00 bits per heavy atom. The molecule has 0 spiro atoms. The van der Waals surface area contributed by atoms with Crippen molar-refractivity contribution in [1.82, 2.24) is 19.7 Å². The molecule has 0 saturated carbocycles. The Hall–Kier alpha value is -3.58. The third-order valence-electron chi connectivity index (χ3n) is 4.56. The molecule has 4 aromatic heterocycles. The molecule has 0 saturated heterocycles.